The van der Waals surface area contributed by atoms with E-state index < -0.39 is 0 Å². The van der Waals surface area contributed by atoms with Gasteiger partial charge < -0.3 is 15.0 Å². The van der Waals surface area contributed by atoms with Crippen molar-refractivity contribution in [2.45, 2.75) is 64.6 Å². The molecule has 1 unspecified atom stereocenters. The summed E-state index contributed by atoms with van der Waals surface area (Å²) in [4.78, 5) is 26.2. The normalized spacial score (nSPS) is 21.2. The van der Waals surface area contributed by atoms with Gasteiger partial charge in [-0.05, 0) is 45.6 Å². The standard InChI is InChI=1S/C20H28N2O3/c1-14(2)22-13-16(11-19(22)23)20(24)21-12-15-7-3-6-10-18(15)25-17-8-4-5-9-17/h3,6-7,10,14,16-17H,4-5,8-9,11-13H2,1-2H3,(H,21,24). The van der Waals surface area contributed by atoms with Gasteiger partial charge in [-0.3, -0.25) is 9.59 Å². The van der Waals surface area contributed by atoms with Gasteiger partial charge in [0.1, 0.15) is 5.75 Å². The van der Waals surface area contributed by atoms with Crippen LogP contribution in [-0.4, -0.2) is 35.4 Å². The Kier molecular flexibility index (Phi) is 5.61. The summed E-state index contributed by atoms with van der Waals surface area (Å²) in [5, 5.41) is 2.99. The zero-order valence-corrected chi connectivity index (χ0v) is 15.2. The molecule has 3 rings (SSSR count). The molecule has 2 fully saturated rings. The Bertz CT molecular complexity index is 623. The summed E-state index contributed by atoms with van der Waals surface area (Å²) in [6, 6.07) is 8.03. The van der Waals surface area contributed by atoms with Gasteiger partial charge in [-0.25, -0.2) is 0 Å². The predicted octanol–water partition coefficient (Wildman–Crippen LogP) is 2.88. The number of rotatable bonds is 6. The van der Waals surface area contributed by atoms with Crippen LogP contribution in [0.3, 0.4) is 0 Å². The molecule has 25 heavy (non-hydrogen) atoms. The summed E-state index contributed by atoms with van der Waals surface area (Å²) >= 11 is 0. The first-order chi connectivity index (χ1) is 12.0. The van der Waals surface area contributed by atoms with Crippen molar-refractivity contribution in [1.29, 1.82) is 0 Å². The monoisotopic (exact) mass is 344 g/mol. The Balaban J connectivity index is 1.56. The van der Waals surface area contributed by atoms with Crippen molar-refractivity contribution in [3.8, 4) is 5.75 Å². The van der Waals surface area contributed by atoms with Gasteiger partial charge in [0, 0.05) is 31.1 Å². The molecule has 1 aromatic rings. The van der Waals surface area contributed by atoms with Crippen molar-refractivity contribution in [3.63, 3.8) is 0 Å². The molecule has 1 heterocycles. The molecule has 1 saturated heterocycles. The van der Waals surface area contributed by atoms with Gasteiger partial charge in [-0.2, -0.15) is 0 Å². The molecule has 1 aliphatic heterocycles. The molecule has 0 bridgehead atoms. The highest BCUT2D eigenvalue weighted by Crippen LogP contribution is 2.27. The van der Waals surface area contributed by atoms with Gasteiger partial charge in [-0.15, -0.1) is 0 Å². The Morgan fingerprint density at radius 3 is 2.68 bits per heavy atom. The first-order valence-electron chi connectivity index (χ1n) is 9.36. The van der Waals surface area contributed by atoms with Crippen molar-refractivity contribution in [1.82, 2.24) is 10.2 Å². The Labute approximate surface area is 149 Å². The van der Waals surface area contributed by atoms with E-state index in [0.29, 0.717) is 25.6 Å². The van der Waals surface area contributed by atoms with E-state index >= 15 is 0 Å². The van der Waals surface area contributed by atoms with Crippen molar-refractivity contribution in [2.24, 2.45) is 5.92 Å². The summed E-state index contributed by atoms with van der Waals surface area (Å²) in [7, 11) is 0. The molecule has 2 aliphatic rings. The van der Waals surface area contributed by atoms with E-state index in [1.54, 1.807) is 4.90 Å². The first kappa shape index (κ1) is 17.8. The number of benzene rings is 1. The molecule has 1 atom stereocenters. The fourth-order valence-corrected chi connectivity index (χ4v) is 3.68. The quantitative estimate of drug-likeness (QED) is 0.863. The lowest BCUT2D eigenvalue weighted by Crippen LogP contribution is -2.35. The number of nitrogens with zero attached hydrogens (tertiary/aromatic N) is 1. The SMILES string of the molecule is CC(C)N1CC(C(=O)NCc2ccccc2OC2CCCC2)CC1=O. The summed E-state index contributed by atoms with van der Waals surface area (Å²) in [5.74, 6) is 0.631. The summed E-state index contributed by atoms with van der Waals surface area (Å²) < 4.78 is 6.12. The second-order valence-corrected chi connectivity index (χ2v) is 7.39. The van der Waals surface area contributed by atoms with E-state index in [2.05, 4.69) is 5.32 Å². The minimum Gasteiger partial charge on any atom is -0.490 e. The Morgan fingerprint density at radius 1 is 1.28 bits per heavy atom. The zero-order valence-electron chi connectivity index (χ0n) is 15.2. The topological polar surface area (TPSA) is 58.6 Å². The number of ether oxygens (including phenoxy) is 1. The van der Waals surface area contributed by atoms with Crippen LogP contribution in [0.1, 0.15) is 51.5 Å². The molecule has 136 valence electrons. The summed E-state index contributed by atoms with van der Waals surface area (Å²) in [6.07, 6.45) is 5.27. The van der Waals surface area contributed by atoms with Gasteiger partial charge in [0.05, 0.1) is 12.0 Å². The molecule has 5 nitrogen and oxygen atoms in total. The van der Waals surface area contributed by atoms with Gasteiger partial charge >= 0.3 is 0 Å². The predicted molar refractivity (Wildman–Crippen MR) is 96.1 cm³/mol. The number of nitrogens with one attached hydrogen (secondary N) is 1. The van der Waals surface area contributed by atoms with Gasteiger partial charge in [-0.1, -0.05) is 18.2 Å². The smallest absolute Gasteiger partial charge is 0.225 e. The maximum atomic E-state index is 12.5. The van der Waals surface area contributed by atoms with Crippen molar-refractivity contribution >= 4 is 11.8 Å². The summed E-state index contributed by atoms with van der Waals surface area (Å²) in [5.41, 5.74) is 0.993. The van der Waals surface area contributed by atoms with Crippen LogP contribution in [0.25, 0.3) is 0 Å². The lowest BCUT2D eigenvalue weighted by molar-refractivity contribution is -0.130. The van der Waals surface area contributed by atoms with Crippen LogP contribution in [0.2, 0.25) is 0 Å². The van der Waals surface area contributed by atoms with Crippen molar-refractivity contribution < 1.29 is 14.3 Å². The lowest BCUT2D eigenvalue weighted by atomic mass is 10.1. The van der Waals surface area contributed by atoms with Crippen LogP contribution in [0.5, 0.6) is 5.75 Å². The molecule has 0 radical (unpaired) electrons. The third-order valence-corrected chi connectivity index (χ3v) is 5.17. The molecule has 1 saturated carbocycles. The van der Waals surface area contributed by atoms with Crippen molar-refractivity contribution in [2.75, 3.05) is 6.54 Å². The van der Waals surface area contributed by atoms with E-state index in [1.807, 2.05) is 38.1 Å². The Morgan fingerprint density at radius 2 is 2.00 bits per heavy atom. The number of amides is 2. The molecular weight excluding hydrogens is 316 g/mol. The van der Waals surface area contributed by atoms with Gasteiger partial charge in [0.25, 0.3) is 0 Å². The number of likely N-dealkylation sites (tertiary alicyclic amines) is 1. The molecule has 1 aromatic carbocycles. The largest absolute Gasteiger partial charge is 0.490 e. The van der Waals surface area contributed by atoms with Crippen LogP contribution in [0.4, 0.5) is 0 Å². The third-order valence-electron chi connectivity index (χ3n) is 5.17. The number of carbonyl (C=O) groups is 2. The molecule has 2 amide bonds. The highest BCUT2D eigenvalue weighted by molar-refractivity contribution is 5.89. The number of carbonyl (C=O) groups excluding carboxylic acids is 2. The number of para-hydroxylation sites is 1. The van der Waals surface area contributed by atoms with Crippen LogP contribution < -0.4 is 10.1 Å². The van der Waals surface area contributed by atoms with E-state index in [0.717, 1.165) is 24.2 Å². The van der Waals surface area contributed by atoms with E-state index in [4.69, 9.17) is 4.74 Å². The summed E-state index contributed by atoms with van der Waals surface area (Å²) in [6.45, 7) is 4.92. The van der Waals surface area contributed by atoms with E-state index in [-0.39, 0.29) is 23.8 Å². The third kappa shape index (κ3) is 4.33. The van der Waals surface area contributed by atoms with Crippen LogP contribution >= 0.6 is 0 Å². The minimum absolute atomic E-state index is 0.0489. The van der Waals surface area contributed by atoms with Gasteiger partial charge in [0.2, 0.25) is 11.8 Å². The molecular formula is C20H28N2O3. The maximum Gasteiger partial charge on any atom is 0.225 e. The van der Waals surface area contributed by atoms with Crippen LogP contribution in [0, 0.1) is 5.92 Å². The average Bonchev–Trinajstić information content (AvgIpc) is 3.23. The van der Waals surface area contributed by atoms with Crippen molar-refractivity contribution in [3.05, 3.63) is 29.8 Å². The maximum absolute atomic E-state index is 12.5. The molecule has 1 aliphatic carbocycles. The van der Waals surface area contributed by atoms with E-state index in [1.165, 1.54) is 12.8 Å². The number of hydrogen-bond acceptors (Lipinski definition) is 3. The highest BCUT2D eigenvalue weighted by atomic mass is 16.5. The highest BCUT2D eigenvalue weighted by Gasteiger charge is 2.35. The molecule has 0 aromatic heterocycles. The fourth-order valence-electron chi connectivity index (χ4n) is 3.68. The lowest BCUT2D eigenvalue weighted by Gasteiger charge is -2.21. The average molecular weight is 344 g/mol. The van der Waals surface area contributed by atoms with E-state index in [9.17, 15) is 9.59 Å². The molecule has 5 heteroatoms. The number of hydrogen-bond donors (Lipinski definition) is 1. The fraction of sp³-hybridized carbons (Fsp3) is 0.600. The van der Waals surface area contributed by atoms with Gasteiger partial charge in [0.15, 0.2) is 0 Å². The second-order valence-electron chi connectivity index (χ2n) is 7.39. The minimum atomic E-state index is -0.252. The second kappa shape index (κ2) is 7.89. The molecule has 0 spiro atoms. The van der Waals surface area contributed by atoms with Crippen LogP contribution in [-0.2, 0) is 16.1 Å². The Hall–Kier alpha value is -2.04. The zero-order chi connectivity index (χ0) is 17.8. The van der Waals surface area contributed by atoms with Crippen LogP contribution in [0.15, 0.2) is 24.3 Å². The molecule has 1 N–H and O–H groups in total. The first-order valence-corrected chi connectivity index (χ1v) is 9.36.